The first-order valence-electron chi connectivity index (χ1n) is 16.5. The second-order valence-electron chi connectivity index (χ2n) is 11.2. The van der Waals surface area contributed by atoms with Gasteiger partial charge in [0.1, 0.15) is 5.75 Å². The lowest BCUT2D eigenvalue weighted by Crippen LogP contribution is -3.00. The van der Waals surface area contributed by atoms with Crippen molar-refractivity contribution in [1.29, 1.82) is 0 Å². The molecule has 0 saturated carbocycles. The molecular weight excluding hydrogens is 865 g/mol. The maximum absolute atomic E-state index is 8.21. The van der Waals surface area contributed by atoms with Crippen molar-refractivity contribution in [1.82, 2.24) is 29.9 Å². The van der Waals surface area contributed by atoms with Gasteiger partial charge in [-0.05, 0) is 60.1 Å². The highest BCUT2D eigenvalue weighted by molar-refractivity contribution is 6.31. The lowest BCUT2D eigenvalue weighted by molar-refractivity contribution is -0.0000125. The summed E-state index contributed by atoms with van der Waals surface area (Å²) in [4.78, 5) is 26.8. The number of hydrogen-bond acceptors (Lipinski definition) is 8. The second-order valence-corrected chi connectivity index (χ2v) is 12.4. The number of halogens is 4. The summed E-state index contributed by atoms with van der Waals surface area (Å²) in [5.74, 6) is 3.66. The molecule has 8 rings (SSSR count). The Morgan fingerprint density at radius 2 is 0.636 bits per heavy atom. The Balaban J connectivity index is 0.000000171. The molecule has 0 unspecified atom stereocenters. The highest BCUT2D eigenvalue weighted by Crippen LogP contribution is 2.26. The molecule has 0 spiro atoms. The van der Waals surface area contributed by atoms with E-state index in [-0.39, 0.29) is 29.3 Å². The Kier molecular flexibility index (Phi) is 15.6. The van der Waals surface area contributed by atoms with Crippen molar-refractivity contribution >= 4 is 42.5 Å². The molecule has 0 aliphatic heterocycles. The van der Waals surface area contributed by atoms with Gasteiger partial charge in [-0.1, -0.05) is 145 Å². The van der Waals surface area contributed by atoms with Gasteiger partial charge in [0.25, 0.3) is 0 Å². The zero-order valence-electron chi connectivity index (χ0n) is 28.8. The van der Waals surface area contributed by atoms with Crippen molar-refractivity contribution in [3.63, 3.8) is 0 Å². The van der Waals surface area contributed by atoms with Crippen molar-refractivity contribution in [2.75, 3.05) is 0 Å². The fourth-order valence-corrected chi connectivity index (χ4v) is 5.31. The van der Waals surface area contributed by atoms with Crippen LogP contribution in [0.1, 0.15) is 0 Å². The molecule has 13 heteroatoms. The van der Waals surface area contributed by atoms with Gasteiger partial charge in [0.05, 0.1) is 0 Å². The van der Waals surface area contributed by atoms with Crippen LogP contribution in [0.25, 0.3) is 56.9 Å². The maximum Gasteiger partial charge on any atom is 0.569 e. The highest BCUT2D eigenvalue weighted by Gasteiger charge is 2.12. The lowest BCUT2D eigenvalue weighted by atomic mass is 10.1. The maximum atomic E-state index is 8.21. The van der Waals surface area contributed by atoms with Crippen LogP contribution in [0, 0.1) is 0 Å². The van der Waals surface area contributed by atoms with E-state index in [1.165, 1.54) is 0 Å². The summed E-state index contributed by atoms with van der Waals surface area (Å²) in [7, 11) is 0.628. The third kappa shape index (κ3) is 12.1. The van der Waals surface area contributed by atoms with Gasteiger partial charge < -0.3 is 33.7 Å². The standard InChI is InChI=1S/C21H14ClN3.C15H10ClN3.C6H5BClO2.HI/c22-18-13-11-17(12-14-18)21-24-19(15-7-3-1-4-8-15)23-20(25-21)16-9-5-2-6-10-16;16-15-18-13(11-7-3-1-4-8-11)17-14(19-15)12-9-5-2-6-10-12;8-5-1-3-6(4-2-5)10-7-9;/h1-14H;1-10H;1-4,9H;1H/p-1. The minimum Gasteiger partial charge on any atom is -1.00 e. The molecule has 0 saturated heterocycles. The molecule has 6 aromatic carbocycles. The first kappa shape index (κ1) is 40.9. The summed E-state index contributed by atoms with van der Waals surface area (Å²) in [5, 5.41) is 9.74. The van der Waals surface area contributed by atoms with E-state index in [1.807, 2.05) is 146 Å². The van der Waals surface area contributed by atoms with E-state index in [4.69, 9.17) is 39.8 Å². The van der Waals surface area contributed by atoms with E-state index in [1.54, 1.807) is 24.3 Å². The van der Waals surface area contributed by atoms with Gasteiger partial charge in [-0.2, -0.15) is 9.97 Å². The van der Waals surface area contributed by atoms with Crippen LogP contribution in [0.15, 0.2) is 170 Å². The van der Waals surface area contributed by atoms with Gasteiger partial charge >= 0.3 is 7.69 Å². The molecule has 271 valence electrons. The van der Waals surface area contributed by atoms with E-state index in [0.717, 1.165) is 27.8 Å². The topological polar surface area (TPSA) is 107 Å². The first-order valence-corrected chi connectivity index (χ1v) is 17.6. The summed E-state index contributed by atoms with van der Waals surface area (Å²) in [6, 6.07) is 53.5. The van der Waals surface area contributed by atoms with Gasteiger partial charge in [0.15, 0.2) is 29.1 Å². The van der Waals surface area contributed by atoms with Gasteiger partial charge in [-0.25, -0.2) is 19.9 Å². The second kappa shape index (κ2) is 21.0. The molecule has 8 aromatic rings. The normalized spacial score (nSPS) is 10.0. The molecule has 8 nitrogen and oxygen atoms in total. The van der Waals surface area contributed by atoms with E-state index >= 15 is 0 Å². The number of aromatic nitrogens is 6. The first-order chi connectivity index (χ1) is 26.4. The van der Waals surface area contributed by atoms with E-state index in [0.29, 0.717) is 52.6 Å². The molecule has 0 aliphatic carbocycles. The molecule has 0 atom stereocenters. The van der Waals surface area contributed by atoms with Crippen molar-refractivity contribution < 1.29 is 33.7 Å². The monoisotopic (exact) mass is 892 g/mol. The zero-order chi connectivity index (χ0) is 37.5. The van der Waals surface area contributed by atoms with Crippen molar-refractivity contribution in [3.05, 3.63) is 185 Å². The van der Waals surface area contributed by atoms with Crippen LogP contribution >= 0.6 is 34.8 Å². The molecule has 0 amide bonds. The third-order valence-electron chi connectivity index (χ3n) is 7.48. The van der Waals surface area contributed by atoms with Crippen LogP contribution in [0.5, 0.6) is 5.75 Å². The van der Waals surface area contributed by atoms with Crippen LogP contribution < -0.4 is 28.6 Å². The molecule has 0 fully saturated rings. The van der Waals surface area contributed by atoms with Crippen LogP contribution in [-0.2, 0) is 0 Å². The quantitative estimate of drug-likeness (QED) is 0.129. The minimum absolute atomic E-state index is 0. The predicted octanol–water partition coefficient (Wildman–Crippen LogP) is 7.63. The van der Waals surface area contributed by atoms with Crippen molar-refractivity contribution in [3.8, 4) is 62.7 Å². The van der Waals surface area contributed by atoms with Crippen molar-refractivity contribution in [2.24, 2.45) is 0 Å². The summed E-state index contributed by atoms with van der Waals surface area (Å²) >= 11 is 17.6. The summed E-state index contributed by atoms with van der Waals surface area (Å²) in [6.45, 7) is 0. The average Bonchev–Trinajstić information content (AvgIpc) is 3.23. The SMILES string of the molecule is Clc1ccc(-c2nc(-c3ccccc3)nc(-c3ccccc3)n2)cc1.Clc1nc(-c2ccccc2)nc(-c2ccccc2)n1.O[B]Oc1ccc(Cl)cc1.[I-]. The Labute approximate surface area is 351 Å². The van der Waals surface area contributed by atoms with Gasteiger partial charge in [0.2, 0.25) is 5.28 Å². The highest BCUT2D eigenvalue weighted by atomic mass is 127. The number of nitrogens with zero attached hydrogens (tertiary/aromatic N) is 6. The smallest absolute Gasteiger partial charge is 0.569 e. The zero-order valence-corrected chi connectivity index (χ0v) is 33.2. The molecule has 2 aromatic heterocycles. The number of rotatable bonds is 7. The van der Waals surface area contributed by atoms with Crippen LogP contribution in [-0.4, -0.2) is 42.6 Å². The Morgan fingerprint density at radius 3 is 0.945 bits per heavy atom. The fourth-order valence-electron chi connectivity index (χ4n) is 4.89. The largest absolute Gasteiger partial charge is 1.00 e. The minimum atomic E-state index is 0. The average molecular weight is 894 g/mol. The van der Waals surface area contributed by atoms with Crippen LogP contribution in [0.3, 0.4) is 0 Å². The molecule has 1 N–H and O–H groups in total. The van der Waals surface area contributed by atoms with E-state index in [2.05, 4.69) is 34.6 Å². The van der Waals surface area contributed by atoms with Gasteiger partial charge in [0, 0.05) is 37.9 Å². The molecule has 55 heavy (non-hydrogen) atoms. The molecule has 0 aliphatic rings. The summed E-state index contributed by atoms with van der Waals surface area (Å²) in [5.41, 5.74) is 4.66. The third-order valence-corrected chi connectivity index (χ3v) is 8.15. The van der Waals surface area contributed by atoms with Gasteiger partial charge in [-0.15, -0.1) is 0 Å². The molecule has 0 bridgehead atoms. The predicted molar refractivity (Wildman–Crippen MR) is 217 cm³/mol. The number of benzene rings is 6. The molecular formula is C42H29BCl3IN6O2-. The Bertz CT molecular complexity index is 2260. The Morgan fingerprint density at radius 1 is 0.364 bits per heavy atom. The summed E-state index contributed by atoms with van der Waals surface area (Å²) in [6.07, 6.45) is 0. The van der Waals surface area contributed by atoms with Gasteiger partial charge in [-0.3, -0.25) is 0 Å². The van der Waals surface area contributed by atoms with Crippen molar-refractivity contribution in [2.45, 2.75) is 0 Å². The van der Waals surface area contributed by atoms with E-state index in [9.17, 15) is 0 Å². The summed E-state index contributed by atoms with van der Waals surface area (Å²) < 4.78 is 4.63. The molecule has 1 radical (unpaired) electrons. The lowest BCUT2D eigenvalue weighted by Gasteiger charge is -2.08. The Hall–Kier alpha value is -5.24. The van der Waals surface area contributed by atoms with E-state index < -0.39 is 0 Å². The van der Waals surface area contributed by atoms with Crippen LogP contribution in [0.2, 0.25) is 15.3 Å². The van der Waals surface area contributed by atoms with Crippen LogP contribution in [0.4, 0.5) is 0 Å². The fraction of sp³-hybridized carbons (Fsp3) is 0. The number of hydrogen-bond donors (Lipinski definition) is 1. The molecule has 2 heterocycles.